The Labute approximate surface area is 177 Å². The van der Waals surface area contributed by atoms with Crippen molar-refractivity contribution in [1.82, 2.24) is 9.80 Å². The Hall–Kier alpha value is -2.03. The Morgan fingerprint density at radius 2 is 1.69 bits per heavy atom. The molecule has 3 rings (SSSR count). The molecule has 2 amide bonds. The summed E-state index contributed by atoms with van der Waals surface area (Å²) in [5, 5.41) is 0. The van der Waals surface area contributed by atoms with Gasteiger partial charge in [-0.3, -0.25) is 9.59 Å². The molecular weight excluding hydrogens is 398 g/mol. The SMILES string of the molecule is COc1cccc(C(=O)N2CCN(C(=O)C(N)C3CCOCC3)CC2)c1OC.Cl. The van der Waals surface area contributed by atoms with Crippen LogP contribution in [0.25, 0.3) is 0 Å². The third kappa shape index (κ3) is 5.12. The smallest absolute Gasteiger partial charge is 0.257 e. The van der Waals surface area contributed by atoms with Crippen LogP contribution >= 0.6 is 12.4 Å². The molecule has 2 fully saturated rings. The van der Waals surface area contributed by atoms with Crippen LogP contribution in [0.1, 0.15) is 23.2 Å². The number of ether oxygens (including phenoxy) is 3. The molecule has 0 aliphatic carbocycles. The summed E-state index contributed by atoms with van der Waals surface area (Å²) in [5.41, 5.74) is 6.68. The van der Waals surface area contributed by atoms with Crippen molar-refractivity contribution in [2.24, 2.45) is 11.7 Å². The predicted octanol–water partition coefficient (Wildman–Crippen LogP) is 1.16. The van der Waals surface area contributed by atoms with Crippen molar-refractivity contribution in [2.75, 3.05) is 53.6 Å². The van der Waals surface area contributed by atoms with Crippen LogP contribution in [0.5, 0.6) is 11.5 Å². The van der Waals surface area contributed by atoms with E-state index in [2.05, 4.69) is 0 Å². The lowest BCUT2D eigenvalue weighted by atomic mass is 9.91. The van der Waals surface area contributed by atoms with Crippen molar-refractivity contribution in [3.8, 4) is 11.5 Å². The molecule has 8 nitrogen and oxygen atoms in total. The van der Waals surface area contributed by atoms with E-state index in [0.717, 1.165) is 12.8 Å². The summed E-state index contributed by atoms with van der Waals surface area (Å²) in [4.78, 5) is 29.2. The number of halogens is 1. The van der Waals surface area contributed by atoms with Crippen molar-refractivity contribution in [2.45, 2.75) is 18.9 Å². The van der Waals surface area contributed by atoms with Gasteiger partial charge in [-0.05, 0) is 30.9 Å². The number of hydrogen-bond donors (Lipinski definition) is 1. The van der Waals surface area contributed by atoms with Crippen LogP contribution in [-0.4, -0.2) is 81.3 Å². The monoisotopic (exact) mass is 427 g/mol. The average molecular weight is 428 g/mol. The Morgan fingerprint density at radius 1 is 1.07 bits per heavy atom. The molecule has 2 aliphatic heterocycles. The summed E-state index contributed by atoms with van der Waals surface area (Å²) in [6, 6.07) is 4.75. The van der Waals surface area contributed by atoms with E-state index < -0.39 is 6.04 Å². The van der Waals surface area contributed by atoms with Gasteiger partial charge in [0.2, 0.25) is 5.91 Å². The van der Waals surface area contributed by atoms with E-state index in [0.29, 0.717) is 56.5 Å². The highest BCUT2D eigenvalue weighted by Gasteiger charge is 2.33. The summed E-state index contributed by atoms with van der Waals surface area (Å²) in [7, 11) is 3.06. The molecule has 2 heterocycles. The molecule has 1 aromatic rings. The molecule has 1 atom stereocenters. The second kappa shape index (κ2) is 10.7. The topological polar surface area (TPSA) is 94.3 Å². The number of para-hydroxylation sites is 1. The second-order valence-electron chi connectivity index (χ2n) is 7.13. The van der Waals surface area contributed by atoms with Gasteiger partial charge < -0.3 is 29.7 Å². The number of carbonyl (C=O) groups is 2. The molecule has 162 valence electrons. The van der Waals surface area contributed by atoms with Gasteiger partial charge in [0, 0.05) is 39.4 Å². The Morgan fingerprint density at radius 3 is 2.28 bits per heavy atom. The highest BCUT2D eigenvalue weighted by molar-refractivity contribution is 5.98. The van der Waals surface area contributed by atoms with Crippen LogP contribution in [0.3, 0.4) is 0 Å². The third-order valence-corrected chi connectivity index (χ3v) is 5.57. The lowest BCUT2D eigenvalue weighted by Crippen LogP contribution is -2.56. The van der Waals surface area contributed by atoms with Crippen molar-refractivity contribution in [3.05, 3.63) is 23.8 Å². The largest absolute Gasteiger partial charge is 0.493 e. The number of amides is 2. The fourth-order valence-electron chi connectivity index (χ4n) is 3.84. The lowest BCUT2D eigenvalue weighted by Gasteiger charge is -2.37. The fourth-order valence-corrected chi connectivity index (χ4v) is 3.84. The molecule has 0 radical (unpaired) electrons. The summed E-state index contributed by atoms with van der Waals surface area (Å²) in [6.07, 6.45) is 1.64. The molecule has 2 N–H and O–H groups in total. The number of piperazine rings is 1. The van der Waals surface area contributed by atoms with Crippen LogP contribution in [-0.2, 0) is 9.53 Å². The number of methoxy groups -OCH3 is 2. The lowest BCUT2D eigenvalue weighted by molar-refractivity contribution is -0.136. The standard InChI is InChI=1S/C20H29N3O5.ClH/c1-26-16-5-3-4-15(18(16)27-2)19(24)22-8-10-23(11-9-22)20(25)17(21)14-6-12-28-13-7-14;/h3-5,14,17H,6-13,21H2,1-2H3;1H. The molecule has 1 aromatic carbocycles. The minimum Gasteiger partial charge on any atom is -0.493 e. The van der Waals surface area contributed by atoms with E-state index in [1.54, 1.807) is 28.0 Å². The van der Waals surface area contributed by atoms with Crippen LogP contribution in [0.2, 0.25) is 0 Å². The van der Waals surface area contributed by atoms with Gasteiger partial charge in [0.05, 0.1) is 25.8 Å². The molecule has 0 saturated carbocycles. The molecule has 0 spiro atoms. The number of hydrogen-bond acceptors (Lipinski definition) is 6. The van der Waals surface area contributed by atoms with E-state index in [1.807, 2.05) is 0 Å². The molecule has 29 heavy (non-hydrogen) atoms. The maximum Gasteiger partial charge on any atom is 0.257 e. The first kappa shape index (κ1) is 23.3. The van der Waals surface area contributed by atoms with Crippen LogP contribution in [0.15, 0.2) is 18.2 Å². The summed E-state index contributed by atoms with van der Waals surface area (Å²) >= 11 is 0. The fraction of sp³-hybridized carbons (Fsp3) is 0.600. The first-order chi connectivity index (χ1) is 13.6. The summed E-state index contributed by atoms with van der Waals surface area (Å²) in [6.45, 7) is 3.21. The van der Waals surface area contributed by atoms with Gasteiger partial charge in [-0.1, -0.05) is 6.07 Å². The summed E-state index contributed by atoms with van der Waals surface area (Å²) < 4.78 is 16.0. The van der Waals surface area contributed by atoms with Crippen molar-refractivity contribution < 1.29 is 23.8 Å². The molecule has 0 bridgehead atoms. The van der Waals surface area contributed by atoms with E-state index in [9.17, 15) is 9.59 Å². The molecular formula is C20H30ClN3O5. The minimum absolute atomic E-state index is 0. The molecule has 1 unspecified atom stereocenters. The van der Waals surface area contributed by atoms with E-state index in [4.69, 9.17) is 19.9 Å². The number of nitrogens with zero attached hydrogens (tertiary/aromatic N) is 2. The van der Waals surface area contributed by atoms with Crippen molar-refractivity contribution in [1.29, 1.82) is 0 Å². The Bertz CT molecular complexity index is 703. The molecule has 9 heteroatoms. The number of rotatable bonds is 5. The Balaban J connectivity index is 0.00000300. The quantitative estimate of drug-likeness (QED) is 0.757. The van der Waals surface area contributed by atoms with Gasteiger partial charge in [-0.25, -0.2) is 0 Å². The molecule has 2 aliphatic rings. The molecule has 0 aromatic heterocycles. The maximum atomic E-state index is 13.0. The zero-order chi connectivity index (χ0) is 20.1. The van der Waals surface area contributed by atoms with E-state index in [-0.39, 0.29) is 30.1 Å². The van der Waals surface area contributed by atoms with E-state index in [1.165, 1.54) is 14.2 Å². The number of nitrogens with two attached hydrogens (primary N) is 1. The van der Waals surface area contributed by atoms with Gasteiger partial charge in [-0.15, -0.1) is 12.4 Å². The highest BCUT2D eigenvalue weighted by Crippen LogP contribution is 2.31. The van der Waals surface area contributed by atoms with Crippen LogP contribution in [0.4, 0.5) is 0 Å². The minimum atomic E-state index is -0.496. The Kier molecular flexibility index (Phi) is 8.55. The van der Waals surface area contributed by atoms with Gasteiger partial charge in [0.15, 0.2) is 11.5 Å². The normalized spacial score (nSPS) is 18.6. The van der Waals surface area contributed by atoms with E-state index >= 15 is 0 Å². The van der Waals surface area contributed by atoms with Crippen LogP contribution < -0.4 is 15.2 Å². The van der Waals surface area contributed by atoms with Crippen molar-refractivity contribution >= 4 is 24.2 Å². The molecule has 2 saturated heterocycles. The van der Waals surface area contributed by atoms with Gasteiger partial charge >= 0.3 is 0 Å². The van der Waals surface area contributed by atoms with Crippen molar-refractivity contribution in [3.63, 3.8) is 0 Å². The maximum absolute atomic E-state index is 13.0. The zero-order valence-corrected chi connectivity index (χ0v) is 17.8. The summed E-state index contributed by atoms with van der Waals surface area (Å²) in [5.74, 6) is 0.955. The first-order valence-electron chi connectivity index (χ1n) is 9.69. The van der Waals surface area contributed by atoms with Gasteiger partial charge in [-0.2, -0.15) is 0 Å². The highest BCUT2D eigenvalue weighted by atomic mass is 35.5. The second-order valence-corrected chi connectivity index (χ2v) is 7.13. The third-order valence-electron chi connectivity index (χ3n) is 5.57. The predicted molar refractivity (Wildman–Crippen MR) is 111 cm³/mol. The first-order valence-corrected chi connectivity index (χ1v) is 9.69. The zero-order valence-electron chi connectivity index (χ0n) is 17.0. The van der Waals surface area contributed by atoms with Gasteiger partial charge in [0.1, 0.15) is 0 Å². The van der Waals surface area contributed by atoms with Crippen LogP contribution in [0, 0.1) is 5.92 Å². The van der Waals surface area contributed by atoms with Gasteiger partial charge in [0.25, 0.3) is 5.91 Å². The number of benzene rings is 1. The average Bonchev–Trinajstić information content (AvgIpc) is 2.77. The number of carbonyl (C=O) groups excluding carboxylic acids is 2.